The molecule has 1 aliphatic rings. The number of likely N-dealkylation sites (N-methyl/N-ethyl adjacent to an activating group) is 3. The first-order valence-corrected chi connectivity index (χ1v) is 30.3. The third-order valence-electron chi connectivity index (χ3n) is 14.6. The Morgan fingerprint density at radius 1 is 0.448 bits per heavy atom. The number of amides is 4. The molecule has 2 aromatic carbocycles. The van der Waals surface area contributed by atoms with Crippen LogP contribution in [0, 0.1) is 23.7 Å². The molecule has 8 atom stereocenters. The monoisotopic (exact) mass is 1210 g/mol. The number of ether oxygens (including phenoxy) is 6. The minimum absolute atomic E-state index is 0.0341. The molecule has 0 spiro atoms. The Morgan fingerprint density at radius 3 is 1.15 bits per heavy atom. The summed E-state index contributed by atoms with van der Waals surface area (Å²) in [5.74, 6) is -6.49. The predicted octanol–water partition coefficient (Wildman–Crippen LogP) is 7.39. The highest BCUT2D eigenvalue weighted by Crippen LogP contribution is 2.25. The number of benzene rings is 2. The van der Waals surface area contributed by atoms with E-state index in [1.165, 1.54) is 35.0 Å². The molecule has 1 aliphatic heterocycles. The fraction of sp³-hybridized carbons (Fsp3) is 0.600. The van der Waals surface area contributed by atoms with Crippen molar-refractivity contribution in [3.63, 3.8) is 0 Å². The maximum atomic E-state index is 15.0. The van der Waals surface area contributed by atoms with Crippen molar-refractivity contribution in [3.8, 4) is 11.5 Å². The normalized spacial score (nSPS) is 22.3. The average molecular weight is 1210 g/mol. The van der Waals surface area contributed by atoms with Crippen LogP contribution in [0.3, 0.4) is 0 Å². The molecule has 1 fully saturated rings. The molecule has 1 N–H and O–H groups in total. The molecule has 87 heavy (non-hydrogen) atoms. The Kier molecular flexibility index (Phi) is 26.0. The van der Waals surface area contributed by atoms with E-state index in [1.54, 1.807) is 58.4 Å². The number of esters is 4. The average Bonchev–Trinajstić information content (AvgIpc) is 2.14. The highest BCUT2D eigenvalue weighted by atomic mass is 16.6. The predicted molar refractivity (Wildman–Crippen MR) is 325 cm³/mol. The van der Waals surface area contributed by atoms with Gasteiger partial charge in [-0.05, 0) is 113 Å². The SMILES string of the molecule is CC(C)C[C@@H]1NC(=O)[C@@H](C)OC(=O)[C@H](CC(C)C)N(C)C(=O)[C@@H](Cc2ccc(Cn3cc(OC(C)C)cn3)cc2)OC(=O)[C@H](CC(C)C)N(C)C(=O)[C@@H](C)OC(=O)[C@H](CC(C)C)N(C)C(=O)[C@@H](Cc2ccc(Cn3cc(OC(C)C)cn3)cc2)OC1=O. The van der Waals surface area contributed by atoms with Crippen LogP contribution in [0.25, 0.3) is 0 Å². The highest BCUT2D eigenvalue weighted by Gasteiger charge is 2.42. The van der Waals surface area contributed by atoms with Crippen molar-refractivity contribution in [1.82, 2.24) is 39.6 Å². The minimum Gasteiger partial charge on any atom is -0.488 e. The van der Waals surface area contributed by atoms with Crippen molar-refractivity contribution in [2.45, 2.75) is 209 Å². The zero-order valence-electron chi connectivity index (χ0n) is 54.0. The molecule has 478 valence electrons. The summed E-state index contributed by atoms with van der Waals surface area (Å²) in [6.07, 6.45) is 0.581. The summed E-state index contributed by atoms with van der Waals surface area (Å²) in [6.45, 7) is 25.9. The Balaban J connectivity index is 1.55. The second-order valence-electron chi connectivity index (χ2n) is 25.1. The summed E-state index contributed by atoms with van der Waals surface area (Å²) in [4.78, 5) is 121. The van der Waals surface area contributed by atoms with Gasteiger partial charge in [0, 0.05) is 34.0 Å². The Morgan fingerprint density at radius 2 is 0.782 bits per heavy atom. The summed E-state index contributed by atoms with van der Waals surface area (Å²) in [5.41, 5.74) is 2.93. The fourth-order valence-corrected chi connectivity index (χ4v) is 10.1. The van der Waals surface area contributed by atoms with Gasteiger partial charge in [-0.2, -0.15) is 10.2 Å². The number of cyclic esters (lactones) is 4. The molecule has 0 radical (unpaired) electrons. The Bertz CT molecular complexity index is 2930. The second-order valence-corrected chi connectivity index (χ2v) is 25.1. The van der Waals surface area contributed by atoms with Crippen molar-refractivity contribution < 1.29 is 66.8 Å². The molecule has 3 heterocycles. The van der Waals surface area contributed by atoms with Crippen LogP contribution in [0.4, 0.5) is 0 Å². The Labute approximate surface area is 513 Å². The zero-order valence-corrected chi connectivity index (χ0v) is 54.0. The molecule has 2 aromatic heterocycles. The quantitative estimate of drug-likeness (QED) is 0.0669. The number of hydrogen-bond donors (Lipinski definition) is 1. The van der Waals surface area contributed by atoms with Crippen LogP contribution in [0.2, 0.25) is 0 Å². The number of nitrogens with zero attached hydrogens (tertiary/aromatic N) is 7. The first-order chi connectivity index (χ1) is 40.9. The molecule has 0 saturated carbocycles. The first kappa shape index (κ1) is 70.0. The lowest BCUT2D eigenvalue weighted by atomic mass is 9.99. The van der Waals surface area contributed by atoms with E-state index in [4.69, 9.17) is 28.4 Å². The van der Waals surface area contributed by atoms with Gasteiger partial charge in [0.1, 0.15) is 24.2 Å². The largest absolute Gasteiger partial charge is 0.488 e. The second kappa shape index (κ2) is 32.3. The van der Waals surface area contributed by atoms with Gasteiger partial charge in [-0.25, -0.2) is 19.2 Å². The van der Waals surface area contributed by atoms with Crippen LogP contribution in [0.15, 0.2) is 73.3 Å². The molecule has 4 amide bonds. The summed E-state index contributed by atoms with van der Waals surface area (Å²) in [6, 6.07) is 9.29. The summed E-state index contributed by atoms with van der Waals surface area (Å²) in [5, 5.41) is 11.5. The fourth-order valence-electron chi connectivity index (χ4n) is 10.1. The van der Waals surface area contributed by atoms with E-state index < -0.39 is 96.1 Å². The molecular weight excluding hydrogens is 1120 g/mol. The maximum absolute atomic E-state index is 15.0. The Hall–Kier alpha value is -7.78. The summed E-state index contributed by atoms with van der Waals surface area (Å²) < 4.78 is 39.1. The van der Waals surface area contributed by atoms with Crippen LogP contribution in [-0.4, -0.2) is 164 Å². The third-order valence-corrected chi connectivity index (χ3v) is 14.6. The number of hydrogen-bond acceptors (Lipinski definition) is 16. The third kappa shape index (κ3) is 21.3. The first-order valence-electron chi connectivity index (χ1n) is 30.3. The molecule has 0 bridgehead atoms. The van der Waals surface area contributed by atoms with Crippen molar-refractivity contribution in [2.75, 3.05) is 21.1 Å². The van der Waals surface area contributed by atoms with Gasteiger partial charge >= 0.3 is 23.9 Å². The van der Waals surface area contributed by atoms with Crippen molar-refractivity contribution >= 4 is 47.5 Å². The molecule has 0 aliphatic carbocycles. The van der Waals surface area contributed by atoms with Crippen LogP contribution in [0.5, 0.6) is 11.5 Å². The van der Waals surface area contributed by atoms with Gasteiger partial charge < -0.3 is 48.4 Å². The molecule has 1 saturated heterocycles. The van der Waals surface area contributed by atoms with E-state index in [-0.39, 0.29) is 74.4 Å². The number of carbonyl (C=O) groups excluding carboxylic acids is 8. The van der Waals surface area contributed by atoms with E-state index in [1.807, 2.05) is 107 Å². The van der Waals surface area contributed by atoms with Crippen molar-refractivity contribution in [2.24, 2.45) is 23.7 Å². The van der Waals surface area contributed by atoms with Gasteiger partial charge in [0.25, 0.3) is 23.6 Å². The lowest BCUT2D eigenvalue weighted by Crippen LogP contribution is -2.54. The molecular formula is C65H94N8O14. The minimum atomic E-state index is -1.56. The van der Waals surface area contributed by atoms with E-state index in [0.29, 0.717) is 35.7 Å². The standard InChI is InChI=1S/C65H94N8O14/c1-38(2)26-52-62(78)86-56(30-46-18-22-48(23-19-46)34-72-36-50(32-66-72)82-42(9)10)60(76)71(17)54(28-40(5)6)64(80)85-45(14)59(75)69(15)55(29-41(7)8)65(81)87-57(61(77)70(16)53(27-39(3)4)63(79)84-44(13)58(74)68-52)31-47-20-24-49(25-21-47)35-73-37-51(33-67-73)83-43(11)12/h18-25,32-33,36-45,52-57H,26-31,34-35H2,1-17H3,(H,68,74)/t44-,45-,52+,53+,54+,55+,56-,57-/m1/s1. The number of rotatable bonds is 20. The number of aromatic nitrogens is 4. The lowest BCUT2D eigenvalue weighted by molar-refractivity contribution is -0.174. The molecule has 22 heteroatoms. The summed E-state index contributed by atoms with van der Waals surface area (Å²) >= 11 is 0. The zero-order chi connectivity index (χ0) is 64.6. The topological polar surface area (TPSA) is 249 Å². The van der Waals surface area contributed by atoms with Gasteiger partial charge in [0.15, 0.2) is 35.9 Å². The van der Waals surface area contributed by atoms with Crippen LogP contribution in [0.1, 0.15) is 145 Å². The molecule has 5 rings (SSSR count). The van der Waals surface area contributed by atoms with E-state index >= 15 is 9.59 Å². The van der Waals surface area contributed by atoms with E-state index in [0.717, 1.165) is 25.8 Å². The number of carbonyl (C=O) groups is 8. The van der Waals surface area contributed by atoms with Crippen LogP contribution >= 0.6 is 0 Å². The lowest BCUT2D eigenvalue weighted by Gasteiger charge is -2.34. The number of nitrogens with one attached hydrogen (secondary N) is 1. The summed E-state index contributed by atoms with van der Waals surface area (Å²) in [7, 11) is 4.16. The van der Waals surface area contributed by atoms with Gasteiger partial charge in [-0.15, -0.1) is 0 Å². The van der Waals surface area contributed by atoms with Crippen molar-refractivity contribution in [1.29, 1.82) is 0 Å². The smallest absolute Gasteiger partial charge is 0.329 e. The van der Waals surface area contributed by atoms with E-state index in [2.05, 4.69) is 15.5 Å². The van der Waals surface area contributed by atoms with Crippen molar-refractivity contribution in [3.05, 3.63) is 95.6 Å². The van der Waals surface area contributed by atoms with Gasteiger partial charge in [0.2, 0.25) is 0 Å². The molecule has 0 unspecified atom stereocenters. The van der Waals surface area contributed by atoms with Crippen LogP contribution < -0.4 is 14.8 Å². The maximum Gasteiger partial charge on any atom is 0.329 e. The van der Waals surface area contributed by atoms with Gasteiger partial charge in [-0.3, -0.25) is 28.5 Å². The van der Waals surface area contributed by atoms with Gasteiger partial charge in [-0.1, -0.05) is 104 Å². The highest BCUT2D eigenvalue weighted by molar-refractivity contribution is 5.94. The van der Waals surface area contributed by atoms with Gasteiger partial charge in [0.05, 0.1) is 50.1 Å². The molecule has 4 aromatic rings. The molecule has 22 nitrogen and oxygen atoms in total. The van der Waals surface area contributed by atoms with Crippen LogP contribution in [-0.2, 0) is 83.2 Å². The van der Waals surface area contributed by atoms with E-state index in [9.17, 15) is 28.8 Å².